The van der Waals surface area contributed by atoms with Gasteiger partial charge < -0.3 is 25.2 Å². The van der Waals surface area contributed by atoms with Crippen LogP contribution in [0.2, 0.25) is 0 Å². The summed E-state index contributed by atoms with van der Waals surface area (Å²) in [5.74, 6) is 2.33. The number of methoxy groups -OCH3 is 1. The lowest BCUT2D eigenvalue weighted by Gasteiger charge is -2.72. The zero-order valence-electron chi connectivity index (χ0n) is 34.6. The molecule has 9 nitrogen and oxygen atoms in total. The number of amides is 2. The molecule has 2 aliphatic heterocycles. The van der Waals surface area contributed by atoms with E-state index in [2.05, 4.69) is 68.4 Å². The molecule has 2 N–H and O–H groups in total. The Kier molecular flexibility index (Phi) is 10.1. The van der Waals surface area contributed by atoms with Crippen molar-refractivity contribution in [1.29, 1.82) is 0 Å². The molecule has 0 aromatic heterocycles. The average Bonchev–Trinajstić information content (AvgIpc) is 3.82. The molecular formula is C45H68N4O5S. The van der Waals surface area contributed by atoms with Gasteiger partial charge in [-0.1, -0.05) is 52.8 Å². The molecule has 4 saturated carbocycles. The van der Waals surface area contributed by atoms with Crippen LogP contribution in [0.5, 0.6) is 0 Å². The number of allylic oxidation sites excluding steroid dienone is 2. The standard InChI is InChI=1S/C45H68N4O5S/c1-41(2)33(31-9-11-32(12-10-31)39(50)54-6)15-18-42(3)36(41)17-19-44(5)37(42)14-13-34-38-35(47-40(51)49-24-7-8-25-49)16-20-45(38,22-21-43(34,44)4)46-23-26-48-27-29-55(52,53)30-28-48/h9-12,15,34-38,46H,7-8,13-14,16-30H2,1-6H3,(H,47,51)/t34-,35-,36+,37-,38+,42+,43-,44-,45+/m1/s1. The molecule has 8 rings (SSSR count). The number of esters is 1. The molecule has 1 aromatic carbocycles. The largest absolute Gasteiger partial charge is 0.465 e. The molecule has 9 atom stereocenters. The van der Waals surface area contributed by atoms with E-state index in [1.807, 2.05) is 17.0 Å². The number of hydrogen-bond donors (Lipinski definition) is 2. The second-order valence-corrected chi connectivity index (χ2v) is 22.5. The third-order valence-corrected chi connectivity index (χ3v) is 19.3. The first-order chi connectivity index (χ1) is 26.1. The van der Waals surface area contributed by atoms with Gasteiger partial charge in [0.1, 0.15) is 0 Å². The van der Waals surface area contributed by atoms with Crippen molar-refractivity contribution in [3.63, 3.8) is 0 Å². The molecule has 2 heterocycles. The van der Waals surface area contributed by atoms with E-state index in [1.165, 1.54) is 50.4 Å². The van der Waals surface area contributed by atoms with Gasteiger partial charge in [-0.05, 0) is 133 Å². The molecule has 55 heavy (non-hydrogen) atoms. The monoisotopic (exact) mass is 776 g/mol. The zero-order chi connectivity index (χ0) is 39.0. The lowest BCUT2D eigenvalue weighted by atomic mass is 9.33. The van der Waals surface area contributed by atoms with E-state index in [0.29, 0.717) is 42.3 Å². The van der Waals surface area contributed by atoms with E-state index in [9.17, 15) is 18.0 Å². The number of sulfone groups is 1. The van der Waals surface area contributed by atoms with Crippen molar-refractivity contribution in [2.75, 3.05) is 57.9 Å². The van der Waals surface area contributed by atoms with E-state index in [1.54, 1.807) is 0 Å². The Bertz CT molecular complexity index is 1780. The van der Waals surface area contributed by atoms with Crippen LogP contribution in [0.4, 0.5) is 4.79 Å². The number of carbonyl (C=O) groups excluding carboxylic acids is 2. The summed E-state index contributed by atoms with van der Waals surface area (Å²) in [6, 6.07) is 8.35. The summed E-state index contributed by atoms with van der Waals surface area (Å²) in [7, 11) is -1.47. The fourth-order valence-corrected chi connectivity index (χ4v) is 15.9. The predicted octanol–water partition coefficient (Wildman–Crippen LogP) is 7.18. The molecule has 0 spiro atoms. The molecule has 7 aliphatic rings. The second kappa shape index (κ2) is 14.1. The zero-order valence-corrected chi connectivity index (χ0v) is 35.4. The SMILES string of the molecule is COC(=O)c1ccc(C2=CC[C@]3(C)[C@H]4CC[C@@H]5[C@H]6[C@H](NC(=O)N7CCCC7)CC[C@]6(NCCN6CCS(=O)(=O)CC6)CC[C@@]5(C)[C@]4(C)CC[C@H]3C2(C)C)cc1. The Labute approximate surface area is 331 Å². The molecule has 0 bridgehead atoms. The van der Waals surface area contributed by atoms with Crippen LogP contribution < -0.4 is 10.6 Å². The molecule has 10 heteroatoms. The van der Waals surface area contributed by atoms with E-state index in [-0.39, 0.29) is 56.7 Å². The fourth-order valence-electron chi connectivity index (χ4n) is 14.7. The third-order valence-electron chi connectivity index (χ3n) is 17.7. The average molecular weight is 777 g/mol. The summed E-state index contributed by atoms with van der Waals surface area (Å²) in [4.78, 5) is 30.3. The molecule has 0 unspecified atom stereocenters. The predicted molar refractivity (Wildman–Crippen MR) is 218 cm³/mol. The van der Waals surface area contributed by atoms with E-state index < -0.39 is 9.84 Å². The second-order valence-electron chi connectivity index (χ2n) is 20.2. The first-order valence-electron chi connectivity index (χ1n) is 21.7. The van der Waals surface area contributed by atoms with E-state index in [4.69, 9.17) is 4.74 Å². The van der Waals surface area contributed by atoms with Crippen LogP contribution in [0.15, 0.2) is 30.3 Å². The third kappa shape index (κ3) is 6.41. The van der Waals surface area contributed by atoms with Crippen molar-refractivity contribution in [3.8, 4) is 0 Å². The normalized spacial score (nSPS) is 40.6. The van der Waals surface area contributed by atoms with Crippen molar-refractivity contribution in [2.45, 2.75) is 117 Å². The lowest BCUT2D eigenvalue weighted by molar-refractivity contribution is -0.218. The quantitative estimate of drug-likeness (QED) is 0.283. The number of nitrogens with zero attached hydrogens (tertiary/aromatic N) is 2. The van der Waals surface area contributed by atoms with Crippen LogP contribution in [0.1, 0.15) is 121 Å². The summed E-state index contributed by atoms with van der Waals surface area (Å²) in [5, 5.41) is 7.84. The molecule has 2 saturated heterocycles. The van der Waals surface area contributed by atoms with Crippen LogP contribution in [0.25, 0.3) is 5.57 Å². The van der Waals surface area contributed by atoms with E-state index in [0.717, 1.165) is 64.7 Å². The Morgan fingerprint density at radius 2 is 1.55 bits per heavy atom. The summed E-state index contributed by atoms with van der Waals surface area (Å²) >= 11 is 0. The molecule has 2 amide bonds. The summed E-state index contributed by atoms with van der Waals surface area (Å²) in [6.07, 6.45) is 15.2. The number of likely N-dealkylation sites (tertiary alicyclic amines) is 1. The van der Waals surface area contributed by atoms with Gasteiger partial charge in [0, 0.05) is 56.8 Å². The van der Waals surface area contributed by atoms with Gasteiger partial charge in [-0.2, -0.15) is 0 Å². The Morgan fingerprint density at radius 1 is 0.836 bits per heavy atom. The summed E-state index contributed by atoms with van der Waals surface area (Å²) in [6.45, 7) is 17.7. The summed E-state index contributed by atoms with van der Waals surface area (Å²) < 4.78 is 29.2. The van der Waals surface area contributed by atoms with Crippen LogP contribution >= 0.6 is 0 Å². The summed E-state index contributed by atoms with van der Waals surface area (Å²) in [5.41, 5.74) is 3.77. The number of urea groups is 1. The van der Waals surface area contributed by atoms with Crippen molar-refractivity contribution < 1.29 is 22.7 Å². The van der Waals surface area contributed by atoms with Gasteiger partial charge in [0.05, 0.1) is 24.2 Å². The van der Waals surface area contributed by atoms with Crippen LogP contribution in [-0.2, 0) is 14.6 Å². The highest BCUT2D eigenvalue weighted by Crippen LogP contribution is 2.76. The molecule has 1 aromatic rings. The number of nitrogens with one attached hydrogen (secondary N) is 2. The molecule has 6 fully saturated rings. The minimum atomic E-state index is -2.90. The molecule has 304 valence electrons. The Morgan fingerprint density at radius 3 is 2.24 bits per heavy atom. The van der Waals surface area contributed by atoms with Gasteiger partial charge in [-0.25, -0.2) is 18.0 Å². The van der Waals surface area contributed by atoms with Crippen molar-refractivity contribution >= 4 is 27.4 Å². The highest BCUT2D eigenvalue weighted by molar-refractivity contribution is 7.91. The van der Waals surface area contributed by atoms with Gasteiger partial charge in [0.15, 0.2) is 9.84 Å². The van der Waals surface area contributed by atoms with Crippen molar-refractivity contribution in [1.82, 2.24) is 20.4 Å². The first-order valence-corrected chi connectivity index (χ1v) is 23.5. The Hall–Kier alpha value is -2.43. The number of ether oxygens (including phenoxy) is 1. The van der Waals surface area contributed by atoms with Crippen molar-refractivity contribution in [3.05, 3.63) is 41.5 Å². The van der Waals surface area contributed by atoms with Gasteiger partial charge >= 0.3 is 12.0 Å². The van der Waals surface area contributed by atoms with E-state index >= 15 is 0 Å². The highest BCUT2D eigenvalue weighted by atomic mass is 32.2. The van der Waals surface area contributed by atoms with Gasteiger partial charge in [-0.15, -0.1) is 0 Å². The number of carbonyl (C=O) groups is 2. The fraction of sp³-hybridized carbons (Fsp3) is 0.778. The molecule has 5 aliphatic carbocycles. The number of hydrogen-bond acceptors (Lipinski definition) is 7. The smallest absolute Gasteiger partial charge is 0.337 e. The highest BCUT2D eigenvalue weighted by Gasteiger charge is 2.70. The number of fused-ring (bicyclic) bond motifs is 7. The topological polar surface area (TPSA) is 108 Å². The maximum absolute atomic E-state index is 13.7. The molecular weight excluding hydrogens is 709 g/mol. The first kappa shape index (κ1) is 39.4. The van der Waals surface area contributed by atoms with Crippen LogP contribution in [-0.4, -0.2) is 99.7 Å². The minimum Gasteiger partial charge on any atom is -0.465 e. The van der Waals surface area contributed by atoms with Gasteiger partial charge in [0.25, 0.3) is 0 Å². The van der Waals surface area contributed by atoms with Gasteiger partial charge in [-0.3, -0.25) is 0 Å². The maximum Gasteiger partial charge on any atom is 0.337 e. The Balaban J connectivity index is 1.06. The molecule has 0 radical (unpaired) electrons. The minimum absolute atomic E-state index is 0.000547. The van der Waals surface area contributed by atoms with Crippen molar-refractivity contribution in [2.24, 2.45) is 45.3 Å². The lowest BCUT2D eigenvalue weighted by Crippen LogP contribution is -2.69. The maximum atomic E-state index is 13.7. The van der Waals surface area contributed by atoms with Crippen LogP contribution in [0, 0.1) is 45.3 Å². The van der Waals surface area contributed by atoms with Crippen LogP contribution in [0.3, 0.4) is 0 Å². The number of benzene rings is 1. The van der Waals surface area contributed by atoms with Gasteiger partial charge in [0.2, 0.25) is 0 Å². The number of rotatable bonds is 7.